The minimum Gasteiger partial charge on any atom is -0.325 e. The van der Waals surface area contributed by atoms with E-state index in [0.29, 0.717) is 0 Å². The Morgan fingerprint density at radius 2 is 1.90 bits per heavy atom. The van der Waals surface area contributed by atoms with Crippen molar-refractivity contribution in [1.82, 2.24) is 0 Å². The Labute approximate surface area is 119 Å². The van der Waals surface area contributed by atoms with Crippen molar-refractivity contribution in [2.24, 2.45) is 23.0 Å². The maximum Gasteiger partial charge on any atom is 0.124 e. The number of hydrogen-bond acceptors (Lipinski definition) is 1. The Hall–Kier alpha value is -1.33. The fourth-order valence-electron chi connectivity index (χ4n) is 5.25. The van der Waals surface area contributed by atoms with Crippen LogP contribution in [0.2, 0.25) is 0 Å². The lowest BCUT2D eigenvalue weighted by atomic mass is 9.47. The molecule has 0 heterocycles. The average molecular weight is 269 g/mol. The molecule has 0 saturated heterocycles. The van der Waals surface area contributed by atoms with Crippen LogP contribution in [0, 0.1) is 34.9 Å². The first-order valence-electron chi connectivity index (χ1n) is 7.62. The maximum atomic E-state index is 13.2. The van der Waals surface area contributed by atoms with Gasteiger partial charge in [0.2, 0.25) is 0 Å². The van der Waals surface area contributed by atoms with Crippen LogP contribution in [0.5, 0.6) is 0 Å². The Morgan fingerprint density at radius 3 is 2.55 bits per heavy atom. The van der Waals surface area contributed by atoms with E-state index in [2.05, 4.69) is 11.8 Å². The van der Waals surface area contributed by atoms with Crippen LogP contribution in [0.3, 0.4) is 0 Å². The van der Waals surface area contributed by atoms with Crippen molar-refractivity contribution in [1.29, 1.82) is 0 Å². The zero-order valence-corrected chi connectivity index (χ0v) is 11.7. The van der Waals surface area contributed by atoms with Gasteiger partial charge in [0.1, 0.15) is 5.82 Å². The van der Waals surface area contributed by atoms with E-state index in [1.165, 1.54) is 44.2 Å². The summed E-state index contributed by atoms with van der Waals surface area (Å²) < 4.78 is 13.2. The molecule has 0 amide bonds. The summed E-state index contributed by atoms with van der Waals surface area (Å²) in [7, 11) is 0. The first-order chi connectivity index (χ1) is 9.54. The molecule has 1 aromatic rings. The number of benzene rings is 1. The number of halogens is 1. The van der Waals surface area contributed by atoms with Gasteiger partial charge in [0.25, 0.3) is 0 Å². The topological polar surface area (TPSA) is 26.0 Å². The van der Waals surface area contributed by atoms with Crippen LogP contribution < -0.4 is 5.73 Å². The van der Waals surface area contributed by atoms with Crippen molar-refractivity contribution in [3.8, 4) is 11.8 Å². The molecule has 4 aliphatic rings. The van der Waals surface area contributed by atoms with Crippen LogP contribution >= 0.6 is 0 Å². The molecule has 2 atom stereocenters. The van der Waals surface area contributed by atoms with E-state index in [-0.39, 0.29) is 16.8 Å². The van der Waals surface area contributed by atoms with Crippen molar-refractivity contribution in [3.63, 3.8) is 0 Å². The Balaban J connectivity index is 1.66. The van der Waals surface area contributed by atoms with Crippen LogP contribution in [0.15, 0.2) is 24.3 Å². The minimum absolute atomic E-state index is 0.0285. The maximum absolute atomic E-state index is 13.2. The van der Waals surface area contributed by atoms with Gasteiger partial charge in [0.15, 0.2) is 0 Å². The van der Waals surface area contributed by atoms with Crippen LogP contribution in [0.4, 0.5) is 4.39 Å². The van der Waals surface area contributed by atoms with Gasteiger partial charge in [-0.25, -0.2) is 4.39 Å². The molecule has 0 radical (unpaired) electrons. The van der Waals surface area contributed by atoms with Crippen molar-refractivity contribution in [2.75, 3.05) is 0 Å². The smallest absolute Gasteiger partial charge is 0.124 e. The van der Waals surface area contributed by atoms with Gasteiger partial charge in [0.05, 0.1) is 0 Å². The van der Waals surface area contributed by atoms with Gasteiger partial charge < -0.3 is 5.73 Å². The molecule has 0 spiro atoms. The molecule has 4 fully saturated rings. The molecule has 4 bridgehead atoms. The predicted molar refractivity (Wildman–Crippen MR) is 77.3 cm³/mol. The van der Waals surface area contributed by atoms with E-state index < -0.39 is 0 Å². The van der Waals surface area contributed by atoms with E-state index in [1.54, 1.807) is 6.07 Å². The highest BCUT2D eigenvalue weighted by Gasteiger charge is 2.55. The molecule has 1 nitrogen and oxygen atoms in total. The third-order valence-electron chi connectivity index (χ3n) is 5.40. The largest absolute Gasteiger partial charge is 0.325 e. The summed E-state index contributed by atoms with van der Waals surface area (Å²) >= 11 is 0. The Kier molecular flexibility index (Phi) is 2.54. The zero-order valence-electron chi connectivity index (χ0n) is 11.7. The fraction of sp³-hybridized carbons (Fsp3) is 0.556. The number of nitrogens with two attached hydrogens (primary N) is 1. The van der Waals surface area contributed by atoms with E-state index in [9.17, 15) is 4.39 Å². The summed E-state index contributed by atoms with van der Waals surface area (Å²) in [5, 5.41) is 0. The molecule has 0 aromatic heterocycles. The second kappa shape index (κ2) is 4.09. The van der Waals surface area contributed by atoms with Gasteiger partial charge in [-0.15, -0.1) is 0 Å². The zero-order chi connectivity index (χ0) is 13.8. The van der Waals surface area contributed by atoms with Crippen LogP contribution in [0.1, 0.15) is 44.1 Å². The van der Waals surface area contributed by atoms with Crippen LogP contribution in [-0.4, -0.2) is 5.54 Å². The van der Waals surface area contributed by atoms with Gasteiger partial charge in [0, 0.05) is 16.5 Å². The number of rotatable bonds is 0. The summed E-state index contributed by atoms with van der Waals surface area (Å²) in [5.41, 5.74) is 7.49. The molecule has 0 aliphatic heterocycles. The van der Waals surface area contributed by atoms with Gasteiger partial charge >= 0.3 is 0 Å². The second-order valence-corrected chi connectivity index (χ2v) is 7.36. The van der Waals surface area contributed by atoms with E-state index in [4.69, 9.17) is 5.73 Å². The summed E-state index contributed by atoms with van der Waals surface area (Å²) in [5.74, 6) is 8.04. The minimum atomic E-state index is -0.211. The van der Waals surface area contributed by atoms with E-state index >= 15 is 0 Å². The highest BCUT2D eigenvalue weighted by Crippen LogP contribution is 2.60. The molecule has 4 aliphatic carbocycles. The van der Waals surface area contributed by atoms with E-state index in [1.807, 2.05) is 6.07 Å². The molecule has 104 valence electrons. The van der Waals surface area contributed by atoms with Gasteiger partial charge in [-0.3, -0.25) is 0 Å². The fourth-order valence-corrected chi connectivity index (χ4v) is 5.25. The summed E-state index contributed by atoms with van der Waals surface area (Å²) in [6.07, 6.45) is 7.16. The molecule has 2 heteroatoms. The molecule has 2 unspecified atom stereocenters. The lowest BCUT2D eigenvalue weighted by Crippen LogP contribution is -2.59. The quantitative estimate of drug-likeness (QED) is 0.717. The summed E-state index contributed by atoms with van der Waals surface area (Å²) in [4.78, 5) is 0. The normalized spacial score (nSPS) is 41.3. The van der Waals surface area contributed by atoms with Gasteiger partial charge in [-0.05, 0) is 68.6 Å². The lowest BCUT2D eigenvalue weighted by molar-refractivity contribution is -0.0349. The van der Waals surface area contributed by atoms with E-state index in [0.717, 1.165) is 23.8 Å². The molecular weight excluding hydrogens is 249 g/mol. The lowest BCUT2D eigenvalue weighted by Gasteiger charge is -2.59. The first kappa shape index (κ1) is 12.4. The van der Waals surface area contributed by atoms with Crippen molar-refractivity contribution in [3.05, 3.63) is 35.6 Å². The van der Waals surface area contributed by atoms with Crippen LogP contribution in [0.25, 0.3) is 0 Å². The van der Waals surface area contributed by atoms with Crippen molar-refractivity contribution >= 4 is 0 Å². The van der Waals surface area contributed by atoms with Gasteiger partial charge in [-0.2, -0.15) is 0 Å². The molecule has 2 N–H and O–H groups in total. The average Bonchev–Trinajstić information content (AvgIpc) is 2.34. The molecule has 4 saturated carbocycles. The molecule has 5 rings (SSSR count). The predicted octanol–water partition coefficient (Wildman–Crippen LogP) is 3.47. The van der Waals surface area contributed by atoms with Crippen molar-refractivity contribution in [2.45, 2.75) is 44.1 Å². The Morgan fingerprint density at radius 1 is 1.15 bits per heavy atom. The molecule has 1 aromatic carbocycles. The first-order valence-corrected chi connectivity index (χ1v) is 7.62. The van der Waals surface area contributed by atoms with Gasteiger partial charge in [-0.1, -0.05) is 17.9 Å². The van der Waals surface area contributed by atoms with Crippen LogP contribution in [-0.2, 0) is 0 Å². The molecule has 20 heavy (non-hydrogen) atoms. The van der Waals surface area contributed by atoms with Crippen molar-refractivity contribution < 1.29 is 4.39 Å². The number of hydrogen-bond donors (Lipinski definition) is 1. The SMILES string of the molecule is NC12CC3CC(C1)CC(C#Cc1cccc(F)c1)(C3)C2. The Bertz CT molecular complexity index is 595. The summed E-state index contributed by atoms with van der Waals surface area (Å²) in [6.45, 7) is 0. The second-order valence-electron chi connectivity index (χ2n) is 7.36. The summed E-state index contributed by atoms with van der Waals surface area (Å²) in [6, 6.07) is 6.59. The highest BCUT2D eigenvalue weighted by atomic mass is 19.1. The third kappa shape index (κ3) is 2.05. The monoisotopic (exact) mass is 269 g/mol. The standard InChI is InChI=1S/C18H20FN/c19-16-3-1-2-13(7-16)4-5-17-8-14-6-15(9-17)11-18(20,10-14)12-17/h1-3,7,14-15H,6,8-12,20H2. The highest BCUT2D eigenvalue weighted by molar-refractivity contribution is 5.37. The molecular formula is C18H20FN. The third-order valence-corrected chi connectivity index (χ3v) is 5.40.